The maximum Gasteiger partial charge on any atom is 0.243 e. The number of sulfonamides is 1. The predicted octanol–water partition coefficient (Wildman–Crippen LogP) is 3.13. The van der Waals surface area contributed by atoms with Crippen molar-refractivity contribution in [2.75, 3.05) is 31.1 Å². The summed E-state index contributed by atoms with van der Waals surface area (Å²) >= 11 is 6.16. The maximum absolute atomic E-state index is 13.3. The van der Waals surface area contributed by atoms with E-state index in [1.54, 1.807) is 6.07 Å². The number of piperazine rings is 1. The number of nitrogens with zero attached hydrogens (tertiary/aromatic N) is 2. The standard InChI is InChI=1S/C16H15ClF2N2O2S/c17-13-3-1-2-4-16(13)20-7-9-21(10-8-20)24(22,23)12-5-6-14(18)15(19)11-12/h1-6,11H,7-10H2. The van der Waals surface area contributed by atoms with Gasteiger partial charge >= 0.3 is 0 Å². The molecule has 128 valence electrons. The van der Waals surface area contributed by atoms with Crippen molar-refractivity contribution < 1.29 is 17.2 Å². The molecule has 1 heterocycles. The summed E-state index contributed by atoms with van der Waals surface area (Å²) in [7, 11) is -3.85. The van der Waals surface area contributed by atoms with Crippen LogP contribution in [-0.4, -0.2) is 38.9 Å². The van der Waals surface area contributed by atoms with E-state index in [0.29, 0.717) is 24.2 Å². The fourth-order valence-corrected chi connectivity index (χ4v) is 4.35. The quantitative estimate of drug-likeness (QED) is 0.831. The molecule has 4 nitrogen and oxygen atoms in total. The van der Waals surface area contributed by atoms with E-state index in [1.165, 1.54) is 4.31 Å². The van der Waals surface area contributed by atoms with Crippen LogP contribution >= 0.6 is 11.6 Å². The molecular formula is C16H15ClF2N2O2S. The molecule has 1 saturated heterocycles. The van der Waals surface area contributed by atoms with Crippen molar-refractivity contribution in [1.82, 2.24) is 4.31 Å². The summed E-state index contributed by atoms with van der Waals surface area (Å²) in [5.74, 6) is -2.25. The summed E-state index contributed by atoms with van der Waals surface area (Å²) in [4.78, 5) is 1.76. The van der Waals surface area contributed by atoms with Crippen molar-refractivity contribution >= 4 is 27.3 Å². The van der Waals surface area contributed by atoms with Gasteiger partial charge in [0.15, 0.2) is 11.6 Å². The average molecular weight is 373 g/mol. The van der Waals surface area contributed by atoms with Gasteiger partial charge in [0.2, 0.25) is 10.0 Å². The first-order valence-corrected chi connectivity index (χ1v) is 9.16. The van der Waals surface area contributed by atoms with Crippen LogP contribution in [0, 0.1) is 11.6 Å². The summed E-state index contributed by atoms with van der Waals surface area (Å²) in [5, 5.41) is 0.606. The third-order valence-corrected chi connectivity index (χ3v) is 6.17. The van der Waals surface area contributed by atoms with E-state index in [1.807, 2.05) is 23.1 Å². The Morgan fingerprint density at radius 2 is 1.58 bits per heavy atom. The molecule has 0 aliphatic carbocycles. The van der Waals surface area contributed by atoms with Crippen molar-refractivity contribution in [2.45, 2.75) is 4.90 Å². The number of rotatable bonds is 3. The lowest BCUT2D eigenvalue weighted by Gasteiger charge is -2.35. The lowest BCUT2D eigenvalue weighted by molar-refractivity contribution is 0.384. The zero-order valence-electron chi connectivity index (χ0n) is 12.6. The van der Waals surface area contributed by atoms with Crippen molar-refractivity contribution in [3.05, 3.63) is 59.1 Å². The molecule has 0 spiro atoms. The Balaban J connectivity index is 1.76. The van der Waals surface area contributed by atoms with Crippen LogP contribution in [0.4, 0.5) is 14.5 Å². The van der Waals surface area contributed by atoms with E-state index in [4.69, 9.17) is 11.6 Å². The number of benzene rings is 2. The summed E-state index contributed by atoms with van der Waals surface area (Å²) in [5.41, 5.74) is 0.851. The van der Waals surface area contributed by atoms with Gasteiger partial charge in [-0.15, -0.1) is 0 Å². The van der Waals surface area contributed by atoms with Crippen molar-refractivity contribution in [1.29, 1.82) is 0 Å². The highest BCUT2D eigenvalue weighted by molar-refractivity contribution is 7.89. The van der Waals surface area contributed by atoms with Crippen LogP contribution in [0.3, 0.4) is 0 Å². The second-order valence-electron chi connectivity index (χ2n) is 5.42. The molecule has 3 rings (SSSR count). The van der Waals surface area contributed by atoms with Crippen LogP contribution in [0.5, 0.6) is 0 Å². The Kier molecular flexibility index (Phi) is 4.76. The first kappa shape index (κ1) is 17.1. The Bertz CT molecular complexity index is 853. The van der Waals surface area contributed by atoms with Crippen molar-refractivity contribution in [2.24, 2.45) is 0 Å². The Morgan fingerprint density at radius 1 is 0.917 bits per heavy atom. The molecule has 1 fully saturated rings. The summed E-state index contributed by atoms with van der Waals surface area (Å²) in [6.07, 6.45) is 0. The van der Waals surface area contributed by atoms with E-state index < -0.39 is 21.7 Å². The van der Waals surface area contributed by atoms with Crippen LogP contribution in [0.15, 0.2) is 47.4 Å². The lowest BCUT2D eigenvalue weighted by atomic mass is 10.2. The zero-order chi connectivity index (χ0) is 17.3. The smallest absolute Gasteiger partial charge is 0.243 e. The Labute approximate surface area is 144 Å². The van der Waals surface area contributed by atoms with Crippen LogP contribution in [-0.2, 0) is 10.0 Å². The predicted molar refractivity (Wildman–Crippen MR) is 88.8 cm³/mol. The van der Waals surface area contributed by atoms with E-state index in [0.717, 1.165) is 17.8 Å². The fraction of sp³-hybridized carbons (Fsp3) is 0.250. The summed E-state index contributed by atoms with van der Waals surface area (Å²) in [6.45, 7) is 1.42. The topological polar surface area (TPSA) is 40.6 Å². The summed E-state index contributed by atoms with van der Waals surface area (Å²) in [6, 6.07) is 9.96. The highest BCUT2D eigenvalue weighted by Gasteiger charge is 2.29. The molecule has 1 aliphatic heterocycles. The monoisotopic (exact) mass is 372 g/mol. The van der Waals surface area contributed by atoms with Gasteiger partial charge in [0.05, 0.1) is 15.6 Å². The molecule has 0 bridgehead atoms. The fourth-order valence-electron chi connectivity index (χ4n) is 2.66. The lowest BCUT2D eigenvalue weighted by Crippen LogP contribution is -2.48. The van der Waals surface area contributed by atoms with Gasteiger partial charge in [-0.05, 0) is 30.3 Å². The van der Waals surface area contributed by atoms with Gasteiger partial charge in [-0.3, -0.25) is 0 Å². The first-order valence-electron chi connectivity index (χ1n) is 7.34. The molecule has 0 atom stereocenters. The molecule has 0 saturated carbocycles. The van der Waals surface area contributed by atoms with E-state index in [-0.39, 0.29) is 18.0 Å². The van der Waals surface area contributed by atoms with E-state index in [9.17, 15) is 17.2 Å². The molecule has 0 radical (unpaired) electrons. The molecule has 8 heteroatoms. The highest BCUT2D eigenvalue weighted by Crippen LogP contribution is 2.27. The van der Waals surface area contributed by atoms with Gasteiger partial charge in [0, 0.05) is 26.2 Å². The SMILES string of the molecule is O=S(=O)(c1ccc(F)c(F)c1)N1CCN(c2ccccc2Cl)CC1. The van der Waals surface area contributed by atoms with Gasteiger partial charge in [0.1, 0.15) is 0 Å². The maximum atomic E-state index is 13.3. The Morgan fingerprint density at radius 3 is 2.21 bits per heavy atom. The van der Waals surface area contributed by atoms with Gasteiger partial charge in [0.25, 0.3) is 0 Å². The van der Waals surface area contributed by atoms with Crippen LogP contribution in [0.1, 0.15) is 0 Å². The number of hydrogen-bond donors (Lipinski definition) is 0. The number of para-hydroxylation sites is 1. The van der Waals surface area contributed by atoms with Gasteiger partial charge < -0.3 is 4.90 Å². The van der Waals surface area contributed by atoms with Crippen LogP contribution < -0.4 is 4.90 Å². The number of anilines is 1. The molecule has 0 N–H and O–H groups in total. The molecule has 0 aromatic heterocycles. The largest absolute Gasteiger partial charge is 0.368 e. The second-order valence-corrected chi connectivity index (χ2v) is 7.76. The third-order valence-electron chi connectivity index (χ3n) is 3.96. The molecule has 1 aliphatic rings. The molecule has 24 heavy (non-hydrogen) atoms. The third kappa shape index (κ3) is 3.24. The average Bonchev–Trinajstić information content (AvgIpc) is 2.58. The highest BCUT2D eigenvalue weighted by atomic mass is 35.5. The van der Waals surface area contributed by atoms with E-state index >= 15 is 0 Å². The number of hydrogen-bond acceptors (Lipinski definition) is 3. The van der Waals surface area contributed by atoms with E-state index in [2.05, 4.69) is 0 Å². The molecule has 0 amide bonds. The minimum Gasteiger partial charge on any atom is -0.368 e. The van der Waals surface area contributed by atoms with Gasteiger partial charge in [-0.1, -0.05) is 23.7 Å². The van der Waals surface area contributed by atoms with Crippen molar-refractivity contribution in [3.8, 4) is 0 Å². The summed E-state index contributed by atoms with van der Waals surface area (Å²) < 4.78 is 52.7. The minimum atomic E-state index is -3.85. The number of halogens is 3. The minimum absolute atomic E-state index is 0.243. The zero-order valence-corrected chi connectivity index (χ0v) is 14.2. The van der Waals surface area contributed by atoms with Crippen LogP contribution in [0.25, 0.3) is 0 Å². The molecular weight excluding hydrogens is 358 g/mol. The van der Waals surface area contributed by atoms with Gasteiger partial charge in [-0.2, -0.15) is 4.31 Å². The first-order chi connectivity index (χ1) is 11.4. The van der Waals surface area contributed by atoms with Crippen LogP contribution in [0.2, 0.25) is 5.02 Å². The van der Waals surface area contributed by atoms with Gasteiger partial charge in [-0.25, -0.2) is 17.2 Å². The second kappa shape index (κ2) is 6.66. The molecule has 2 aromatic rings. The molecule has 2 aromatic carbocycles. The molecule has 0 unspecified atom stereocenters. The Hall–Kier alpha value is -1.70. The normalized spacial score (nSPS) is 16.4. The van der Waals surface area contributed by atoms with Crippen molar-refractivity contribution in [3.63, 3.8) is 0 Å².